The van der Waals surface area contributed by atoms with E-state index in [-0.39, 0.29) is 18.4 Å². The first-order valence-electron chi connectivity index (χ1n) is 5.07. The van der Waals surface area contributed by atoms with E-state index in [9.17, 15) is 4.79 Å². The molecule has 0 aliphatic carbocycles. The fourth-order valence-electron chi connectivity index (χ4n) is 1.15. The minimum Gasteiger partial charge on any atom is -0.396 e. The van der Waals surface area contributed by atoms with Gasteiger partial charge in [-0.15, -0.1) is 11.8 Å². The maximum atomic E-state index is 11.8. The molecule has 1 rings (SSSR count). The van der Waals surface area contributed by atoms with Gasteiger partial charge in [0.15, 0.2) is 0 Å². The van der Waals surface area contributed by atoms with Gasteiger partial charge in [0.05, 0.1) is 5.56 Å². The van der Waals surface area contributed by atoms with Gasteiger partial charge in [0.2, 0.25) is 0 Å². The summed E-state index contributed by atoms with van der Waals surface area (Å²) in [5.74, 6) is -0.0731. The van der Waals surface area contributed by atoms with Crippen LogP contribution in [0.3, 0.4) is 0 Å². The van der Waals surface area contributed by atoms with Crippen LogP contribution in [0.5, 0.6) is 0 Å². The first-order valence-corrected chi connectivity index (χ1v) is 6.29. The summed E-state index contributed by atoms with van der Waals surface area (Å²) in [7, 11) is 0. The zero-order valence-electron chi connectivity index (χ0n) is 9.43. The SMILES string of the molecule is CSc1ncccc1C(=O)NCC(C)CO. The number of pyridine rings is 1. The summed E-state index contributed by atoms with van der Waals surface area (Å²) in [5.41, 5.74) is 0.583. The second-order valence-corrected chi connectivity index (χ2v) is 4.35. The van der Waals surface area contributed by atoms with Crippen LogP contribution in [0.4, 0.5) is 0 Å². The van der Waals surface area contributed by atoms with Crippen LogP contribution in [0.25, 0.3) is 0 Å². The molecule has 4 nitrogen and oxygen atoms in total. The highest BCUT2D eigenvalue weighted by atomic mass is 32.2. The number of thioether (sulfide) groups is 1. The molecule has 88 valence electrons. The number of rotatable bonds is 5. The van der Waals surface area contributed by atoms with E-state index < -0.39 is 0 Å². The maximum Gasteiger partial charge on any atom is 0.254 e. The van der Waals surface area contributed by atoms with Crippen LogP contribution in [0, 0.1) is 5.92 Å². The van der Waals surface area contributed by atoms with Crippen molar-refractivity contribution in [3.05, 3.63) is 23.9 Å². The number of amides is 1. The Morgan fingerprint density at radius 2 is 2.44 bits per heavy atom. The molecule has 5 heteroatoms. The molecule has 1 heterocycles. The highest BCUT2D eigenvalue weighted by Gasteiger charge is 2.11. The van der Waals surface area contributed by atoms with Crippen LogP contribution < -0.4 is 5.32 Å². The Bertz CT molecular complexity index is 358. The summed E-state index contributed by atoms with van der Waals surface area (Å²) >= 11 is 1.44. The van der Waals surface area contributed by atoms with Crippen molar-refractivity contribution in [2.75, 3.05) is 19.4 Å². The number of aromatic nitrogens is 1. The molecule has 0 aliphatic heterocycles. The second kappa shape index (κ2) is 6.50. The number of nitrogens with zero attached hydrogens (tertiary/aromatic N) is 1. The normalized spacial score (nSPS) is 12.2. The van der Waals surface area contributed by atoms with Crippen molar-refractivity contribution in [2.24, 2.45) is 5.92 Å². The van der Waals surface area contributed by atoms with E-state index in [0.29, 0.717) is 12.1 Å². The molecular weight excluding hydrogens is 224 g/mol. The van der Waals surface area contributed by atoms with Crippen molar-refractivity contribution >= 4 is 17.7 Å². The van der Waals surface area contributed by atoms with E-state index in [2.05, 4.69) is 10.3 Å². The molecule has 1 aromatic heterocycles. The second-order valence-electron chi connectivity index (χ2n) is 3.56. The molecule has 0 bridgehead atoms. The van der Waals surface area contributed by atoms with E-state index in [4.69, 9.17) is 5.11 Å². The van der Waals surface area contributed by atoms with Gasteiger partial charge in [-0.25, -0.2) is 4.98 Å². The van der Waals surface area contributed by atoms with Crippen molar-refractivity contribution in [1.29, 1.82) is 0 Å². The van der Waals surface area contributed by atoms with Crippen molar-refractivity contribution in [3.63, 3.8) is 0 Å². The average Bonchev–Trinajstić information content (AvgIpc) is 2.35. The molecule has 0 fully saturated rings. The lowest BCUT2D eigenvalue weighted by Gasteiger charge is -2.10. The molecule has 0 spiro atoms. The highest BCUT2D eigenvalue weighted by molar-refractivity contribution is 7.98. The summed E-state index contributed by atoms with van der Waals surface area (Å²) in [6.07, 6.45) is 3.55. The minimum atomic E-state index is -0.141. The molecule has 1 aromatic rings. The van der Waals surface area contributed by atoms with Gasteiger partial charge in [0, 0.05) is 19.3 Å². The van der Waals surface area contributed by atoms with E-state index >= 15 is 0 Å². The van der Waals surface area contributed by atoms with Crippen molar-refractivity contribution in [1.82, 2.24) is 10.3 Å². The predicted molar refractivity (Wildman–Crippen MR) is 64.6 cm³/mol. The number of aliphatic hydroxyl groups is 1. The van der Waals surface area contributed by atoms with Crippen LogP contribution in [-0.2, 0) is 0 Å². The number of nitrogens with one attached hydrogen (secondary N) is 1. The lowest BCUT2D eigenvalue weighted by Crippen LogP contribution is -2.30. The fraction of sp³-hybridized carbons (Fsp3) is 0.455. The number of aliphatic hydroxyl groups excluding tert-OH is 1. The van der Waals surface area contributed by atoms with E-state index in [1.807, 2.05) is 13.2 Å². The Kier molecular flexibility index (Phi) is 5.28. The first-order chi connectivity index (χ1) is 7.69. The molecule has 1 atom stereocenters. The van der Waals surface area contributed by atoms with Crippen molar-refractivity contribution in [3.8, 4) is 0 Å². The zero-order valence-corrected chi connectivity index (χ0v) is 10.3. The molecule has 0 saturated heterocycles. The first kappa shape index (κ1) is 13.0. The molecule has 1 amide bonds. The van der Waals surface area contributed by atoms with Gasteiger partial charge in [0.25, 0.3) is 5.91 Å². The van der Waals surface area contributed by atoms with Crippen molar-refractivity contribution < 1.29 is 9.90 Å². The summed E-state index contributed by atoms with van der Waals surface area (Å²) in [6.45, 7) is 2.42. The predicted octanol–water partition coefficient (Wildman–Crippen LogP) is 1.16. The molecule has 16 heavy (non-hydrogen) atoms. The van der Waals surface area contributed by atoms with Crippen molar-refractivity contribution in [2.45, 2.75) is 11.9 Å². The Morgan fingerprint density at radius 1 is 1.69 bits per heavy atom. The van der Waals surface area contributed by atoms with Gasteiger partial charge in [-0.3, -0.25) is 4.79 Å². The van der Waals surface area contributed by atoms with Gasteiger partial charge >= 0.3 is 0 Å². The summed E-state index contributed by atoms with van der Waals surface area (Å²) < 4.78 is 0. The van der Waals surface area contributed by atoms with Crippen LogP contribution in [0.15, 0.2) is 23.4 Å². The summed E-state index contributed by atoms with van der Waals surface area (Å²) in [4.78, 5) is 15.9. The highest BCUT2D eigenvalue weighted by Crippen LogP contribution is 2.16. The monoisotopic (exact) mass is 240 g/mol. The number of carbonyl (C=O) groups is 1. The Morgan fingerprint density at radius 3 is 3.06 bits per heavy atom. The molecule has 0 radical (unpaired) electrons. The standard InChI is InChI=1S/C11H16N2O2S/c1-8(7-14)6-13-10(15)9-4-3-5-12-11(9)16-2/h3-5,8,14H,6-7H2,1-2H3,(H,13,15). The van der Waals surface area contributed by atoms with E-state index in [1.54, 1.807) is 18.3 Å². The molecule has 2 N–H and O–H groups in total. The Labute approximate surface area is 99.5 Å². The lowest BCUT2D eigenvalue weighted by molar-refractivity contribution is 0.0938. The summed E-state index contributed by atoms with van der Waals surface area (Å²) in [6, 6.07) is 3.49. The zero-order chi connectivity index (χ0) is 12.0. The molecule has 0 saturated carbocycles. The van der Waals surface area contributed by atoms with Crippen LogP contribution >= 0.6 is 11.8 Å². The number of hydrogen-bond donors (Lipinski definition) is 2. The van der Waals surface area contributed by atoms with Crippen LogP contribution in [-0.4, -0.2) is 35.4 Å². The third kappa shape index (κ3) is 3.50. The largest absolute Gasteiger partial charge is 0.396 e. The molecule has 1 unspecified atom stereocenters. The molecule has 0 aliphatic rings. The van der Waals surface area contributed by atoms with Gasteiger partial charge < -0.3 is 10.4 Å². The smallest absolute Gasteiger partial charge is 0.254 e. The fourth-order valence-corrected chi connectivity index (χ4v) is 1.70. The van der Waals surface area contributed by atoms with E-state index in [0.717, 1.165) is 5.03 Å². The Balaban J connectivity index is 2.65. The Hall–Kier alpha value is -1.07. The molecular formula is C11H16N2O2S. The minimum absolute atomic E-state index is 0.0679. The van der Waals surface area contributed by atoms with Gasteiger partial charge in [0.1, 0.15) is 5.03 Å². The van der Waals surface area contributed by atoms with Gasteiger partial charge in [-0.05, 0) is 24.3 Å². The van der Waals surface area contributed by atoms with Crippen LogP contribution in [0.2, 0.25) is 0 Å². The number of hydrogen-bond acceptors (Lipinski definition) is 4. The quantitative estimate of drug-likeness (QED) is 0.758. The van der Waals surface area contributed by atoms with Gasteiger partial charge in [-0.2, -0.15) is 0 Å². The summed E-state index contributed by atoms with van der Waals surface area (Å²) in [5, 5.41) is 12.3. The van der Waals surface area contributed by atoms with E-state index in [1.165, 1.54) is 11.8 Å². The maximum absolute atomic E-state index is 11.8. The lowest BCUT2D eigenvalue weighted by atomic mass is 10.2. The average molecular weight is 240 g/mol. The molecule has 0 aromatic carbocycles. The van der Waals surface area contributed by atoms with Crippen LogP contribution in [0.1, 0.15) is 17.3 Å². The topological polar surface area (TPSA) is 62.2 Å². The number of carbonyl (C=O) groups excluding carboxylic acids is 1. The third-order valence-electron chi connectivity index (χ3n) is 2.13. The van der Waals surface area contributed by atoms with Gasteiger partial charge in [-0.1, -0.05) is 6.92 Å². The third-order valence-corrected chi connectivity index (χ3v) is 2.84.